The van der Waals surface area contributed by atoms with Gasteiger partial charge in [-0.05, 0) is 13.0 Å². The Balaban J connectivity index is 2.21. The van der Waals surface area contributed by atoms with E-state index >= 15 is 0 Å². The number of hydrogen-bond donors (Lipinski definition) is 1. The van der Waals surface area contributed by atoms with Crippen LogP contribution in [0.15, 0.2) is 23.1 Å². The van der Waals surface area contributed by atoms with Gasteiger partial charge in [-0.3, -0.25) is 0 Å². The van der Waals surface area contributed by atoms with Gasteiger partial charge in [-0.2, -0.15) is 4.98 Å². The zero-order chi connectivity index (χ0) is 10.7. The van der Waals surface area contributed by atoms with Crippen molar-refractivity contribution >= 4 is 0 Å². The fourth-order valence-electron chi connectivity index (χ4n) is 1.12. The average Bonchev–Trinajstić information content (AvgIpc) is 2.67. The zero-order valence-corrected chi connectivity index (χ0v) is 8.16. The van der Waals surface area contributed by atoms with Gasteiger partial charge >= 0.3 is 0 Å². The SMILES string of the molecule is CC(O)Cc1nc(-c2ccncn2)no1. The van der Waals surface area contributed by atoms with Crippen LogP contribution in [0.2, 0.25) is 0 Å². The number of aliphatic hydroxyl groups excluding tert-OH is 1. The summed E-state index contributed by atoms with van der Waals surface area (Å²) in [4.78, 5) is 11.9. The molecule has 2 aromatic rings. The van der Waals surface area contributed by atoms with Crippen LogP contribution in [0, 0.1) is 0 Å². The maximum Gasteiger partial charge on any atom is 0.229 e. The zero-order valence-electron chi connectivity index (χ0n) is 8.16. The molecule has 0 saturated heterocycles. The number of aromatic nitrogens is 4. The van der Waals surface area contributed by atoms with Crippen molar-refractivity contribution in [3.63, 3.8) is 0 Å². The summed E-state index contributed by atoms with van der Waals surface area (Å²) in [7, 11) is 0. The van der Waals surface area contributed by atoms with Crippen LogP contribution >= 0.6 is 0 Å². The summed E-state index contributed by atoms with van der Waals surface area (Å²) in [5.74, 6) is 0.812. The largest absolute Gasteiger partial charge is 0.393 e. The third kappa shape index (κ3) is 2.35. The Labute approximate surface area is 86.0 Å². The lowest BCUT2D eigenvalue weighted by atomic mass is 10.3. The minimum Gasteiger partial charge on any atom is -0.393 e. The van der Waals surface area contributed by atoms with E-state index in [2.05, 4.69) is 20.1 Å². The lowest BCUT2D eigenvalue weighted by Crippen LogP contribution is -2.04. The van der Waals surface area contributed by atoms with Crippen molar-refractivity contribution in [1.29, 1.82) is 0 Å². The van der Waals surface area contributed by atoms with E-state index in [0.717, 1.165) is 0 Å². The summed E-state index contributed by atoms with van der Waals surface area (Å²) >= 11 is 0. The first kappa shape index (κ1) is 9.72. The molecule has 0 aliphatic rings. The Hall–Kier alpha value is -1.82. The molecule has 1 atom stereocenters. The molecule has 1 N–H and O–H groups in total. The first-order valence-electron chi connectivity index (χ1n) is 4.53. The van der Waals surface area contributed by atoms with Crippen molar-refractivity contribution in [2.24, 2.45) is 0 Å². The van der Waals surface area contributed by atoms with Crippen molar-refractivity contribution in [1.82, 2.24) is 20.1 Å². The Kier molecular flexibility index (Phi) is 2.68. The third-order valence-electron chi connectivity index (χ3n) is 1.75. The molecule has 1 unspecified atom stereocenters. The maximum atomic E-state index is 9.13. The second kappa shape index (κ2) is 4.14. The lowest BCUT2D eigenvalue weighted by Gasteiger charge is -1.95. The van der Waals surface area contributed by atoms with Crippen molar-refractivity contribution in [3.8, 4) is 11.5 Å². The van der Waals surface area contributed by atoms with Crippen molar-refractivity contribution < 1.29 is 9.63 Å². The quantitative estimate of drug-likeness (QED) is 0.784. The minimum absolute atomic E-state index is 0.345. The molecule has 0 aliphatic carbocycles. The molecule has 0 amide bonds. The molecule has 0 radical (unpaired) electrons. The molecular weight excluding hydrogens is 196 g/mol. The van der Waals surface area contributed by atoms with Gasteiger partial charge in [-0.25, -0.2) is 9.97 Å². The molecule has 6 heteroatoms. The molecule has 2 rings (SSSR count). The van der Waals surface area contributed by atoms with E-state index in [1.165, 1.54) is 6.33 Å². The Morgan fingerprint density at radius 3 is 3.07 bits per heavy atom. The van der Waals surface area contributed by atoms with Crippen LogP contribution in [0.4, 0.5) is 0 Å². The summed E-state index contributed by atoms with van der Waals surface area (Å²) in [6, 6.07) is 1.69. The number of nitrogens with zero attached hydrogens (tertiary/aromatic N) is 4. The smallest absolute Gasteiger partial charge is 0.229 e. The lowest BCUT2D eigenvalue weighted by molar-refractivity contribution is 0.181. The molecular formula is C9H10N4O2. The summed E-state index contributed by atoms with van der Waals surface area (Å²) in [5, 5.41) is 12.9. The van der Waals surface area contributed by atoms with Gasteiger partial charge in [-0.15, -0.1) is 0 Å². The molecule has 0 spiro atoms. The predicted octanol–water partition coefficient (Wildman–Crippen LogP) is 0.450. The van der Waals surface area contributed by atoms with E-state index in [1.54, 1.807) is 19.2 Å². The van der Waals surface area contributed by atoms with E-state index in [0.29, 0.717) is 23.8 Å². The van der Waals surface area contributed by atoms with Gasteiger partial charge in [0, 0.05) is 6.20 Å². The summed E-state index contributed by atoms with van der Waals surface area (Å²) < 4.78 is 4.95. The second-order valence-corrected chi connectivity index (χ2v) is 3.16. The van der Waals surface area contributed by atoms with Gasteiger partial charge in [0.25, 0.3) is 0 Å². The molecule has 0 fully saturated rings. The highest BCUT2D eigenvalue weighted by molar-refractivity contribution is 5.46. The van der Waals surface area contributed by atoms with E-state index < -0.39 is 6.10 Å². The number of hydrogen-bond acceptors (Lipinski definition) is 6. The second-order valence-electron chi connectivity index (χ2n) is 3.16. The van der Waals surface area contributed by atoms with E-state index in [9.17, 15) is 0 Å². The fourth-order valence-corrected chi connectivity index (χ4v) is 1.12. The highest BCUT2D eigenvalue weighted by Crippen LogP contribution is 2.11. The van der Waals surface area contributed by atoms with Crippen LogP contribution < -0.4 is 0 Å². The van der Waals surface area contributed by atoms with Gasteiger partial charge in [0.1, 0.15) is 12.0 Å². The van der Waals surface area contributed by atoms with Gasteiger partial charge in [0.2, 0.25) is 11.7 Å². The summed E-state index contributed by atoms with van der Waals surface area (Å²) in [5.41, 5.74) is 0.602. The van der Waals surface area contributed by atoms with E-state index in [1.807, 2.05) is 0 Å². The summed E-state index contributed by atoms with van der Waals surface area (Å²) in [6.45, 7) is 1.66. The average molecular weight is 206 g/mol. The van der Waals surface area contributed by atoms with Crippen LogP contribution in [-0.2, 0) is 6.42 Å². The first-order valence-corrected chi connectivity index (χ1v) is 4.53. The standard InChI is InChI=1S/C9H10N4O2/c1-6(14)4-8-12-9(13-15-8)7-2-3-10-5-11-7/h2-3,5-6,14H,4H2,1H3. The molecule has 6 nitrogen and oxygen atoms in total. The van der Waals surface area contributed by atoms with Crippen LogP contribution in [0.25, 0.3) is 11.5 Å². The Morgan fingerprint density at radius 2 is 2.40 bits per heavy atom. The molecule has 0 bridgehead atoms. The maximum absolute atomic E-state index is 9.13. The predicted molar refractivity (Wildman–Crippen MR) is 50.7 cm³/mol. The van der Waals surface area contributed by atoms with Crippen molar-refractivity contribution in [3.05, 3.63) is 24.5 Å². The molecule has 2 heterocycles. The molecule has 0 saturated carbocycles. The molecule has 15 heavy (non-hydrogen) atoms. The van der Waals surface area contributed by atoms with E-state index in [4.69, 9.17) is 9.63 Å². The highest BCUT2D eigenvalue weighted by atomic mass is 16.5. The van der Waals surface area contributed by atoms with Gasteiger partial charge < -0.3 is 9.63 Å². The van der Waals surface area contributed by atoms with E-state index in [-0.39, 0.29) is 0 Å². The first-order chi connectivity index (χ1) is 7.25. The number of aliphatic hydroxyl groups is 1. The van der Waals surface area contributed by atoms with Gasteiger partial charge in [0.05, 0.1) is 12.5 Å². The summed E-state index contributed by atoms with van der Waals surface area (Å²) in [6.07, 6.45) is 2.87. The minimum atomic E-state index is -0.497. The van der Waals surface area contributed by atoms with Crippen LogP contribution in [0.1, 0.15) is 12.8 Å². The Bertz CT molecular complexity index is 427. The van der Waals surface area contributed by atoms with Crippen molar-refractivity contribution in [2.75, 3.05) is 0 Å². The third-order valence-corrected chi connectivity index (χ3v) is 1.75. The van der Waals surface area contributed by atoms with Crippen LogP contribution in [0.3, 0.4) is 0 Å². The van der Waals surface area contributed by atoms with Crippen LogP contribution in [-0.4, -0.2) is 31.3 Å². The molecule has 2 aromatic heterocycles. The van der Waals surface area contributed by atoms with Crippen molar-refractivity contribution in [2.45, 2.75) is 19.4 Å². The van der Waals surface area contributed by atoms with Crippen LogP contribution in [0.5, 0.6) is 0 Å². The van der Waals surface area contributed by atoms with Gasteiger partial charge in [0.15, 0.2) is 0 Å². The normalized spacial score (nSPS) is 12.7. The molecule has 78 valence electrons. The monoisotopic (exact) mass is 206 g/mol. The molecule has 0 aliphatic heterocycles. The van der Waals surface area contributed by atoms with Gasteiger partial charge in [-0.1, -0.05) is 5.16 Å². The highest BCUT2D eigenvalue weighted by Gasteiger charge is 2.10. The molecule has 0 aromatic carbocycles. The topological polar surface area (TPSA) is 84.9 Å². The Morgan fingerprint density at radius 1 is 1.53 bits per heavy atom. The fraction of sp³-hybridized carbons (Fsp3) is 0.333. The number of rotatable bonds is 3.